The first-order valence-corrected chi connectivity index (χ1v) is 4.22. The van der Waals surface area contributed by atoms with Gasteiger partial charge in [-0.25, -0.2) is 0 Å². The van der Waals surface area contributed by atoms with Gasteiger partial charge in [0.1, 0.15) is 0 Å². The molecule has 1 saturated heterocycles. The number of hydrogen-bond donors (Lipinski definition) is 1. The first-order valence-electron chi connectivity index (χ1n) is 4.22. The van der Waals surface area contributed by atoms with Gasteiger partial charge >= 0.3 is 0 Å². The van der Waals surface area contributed by atoms with E-state index < -0.39 is 0 Å². The van der Waals surface area contributed by atoms with Gasteiger partial charge in [0.15, 0.2) is 0 Å². The quantitative estimate of drug-likeness (QED) is 0.713. The predicted molar refractivity (Wildman–Crippen MR) is 49.7 cm³/mol. The smallest absolute Gasteiger partial charge is 0.0574 e. The summed E-state index contributed by atoms with van der Waals surface area (Å²) >= 11 is 0. The van der Waals surface area contributed by atoms with Crippen LogP contribution in [0.2, 0.25) is 0 Å². The zero-order valence-corrected chi connectivity index (χ0v) is 6.96. The highest BCUT2D eigenvalue weighted by Gasteiger charge is 2.18. The third-order valence-corrected chi connectivity index (χ3v) is 2.23. The van der Waals surface area contributed by atoms with Gasteiger partial charge in [0.05, 0.1) is 11.7 Å². The van der Waals surface area contributed by atoms with Crippen LogP contribution in [0, 0.1) is 0 Å². The molecule has 12 heavy (non-hydrogen) atoms. The summed E-state index contributed by atoms with van der Waals surface area (Å²) in [6, 6.07) is 4.60. The highest BCUT2D eigenvalue weighted by atomic mass is 15.0. The van der Waals surface area contributed by atoms with E-state index in [0.717, 1.165) is 17.8 Å². The molecule has 1 atom stereocenters. The van der Waals surface area contributed by atoms with Crippen LogP contribution in [0.5, 0.6) is 0 Å². The molecular formula is C10H12N2. The maximum Gasteiger partial charge on any atom is 0.0574 e. The van der Waals surface area contributed by atoms with Crippen LogP contribution in [0.15, 0.2) is 24.9 Å². The van der Waals surface area contributed by atoms with E-state index in [1.807, 2.05) is 12.3 Å². The van der Waals surface area contributed by atoms with Crippen molar-refractivity contribution in [2.45, 2.75) is 12.5 Å². The van der Waals surface area contributed by atoms with Crippen LogP contribution >= 0.6 is 0 Å². The fourth-order valence-corrected chi connectivity index (χ4v) is 1.28. The highest BCUT2D eigenvalue weighted by molar-refractivity contribution is 5.45. The molecule has 2 rings (SSSR count). The Kier molecular flexibility index (Phi) is 1.92. The zero-order valence-electron chi connectivity index (χ0n) is 6.96. The SMILES string of the molecule is C=Cc1ccc(C2CCN2)nc1. The number of aromatic nitrogens is 1. The normalized spacial score (nSPS) is 21.5. The Labute approximate surface area is 72.3 Å². The fourth-order valence-electron chi connectivity index (χ4n) is 1.28. The molecule has 1 aliphatic rings. The fraction of sp³-hybridized carbons (Fsp3) is 0.300. The van der Waals surface area contributed by atoms with Gasteiger partial charge in [-0.2, -0.15) is 0 Å². The molecule has 2 nitrogen and oxygen atoms in total. The Morgan fingerprint density at radius 1 is 1.58 bits per heavy atom. The second-order valence-corrected chi connectivity index (χ2v) is 3.02. The van der Waals surface area contributed by atoms with Crippen LogP contribution in [0.3, 0.4) is 0 Å². The van der Waals surface area contributed by atoms with Gasteiger partial charge < -0.3 is 5.32 Å². The molecule has 2 heterocycles. The molecule has 1 aromatic heterocycles. The van der Waals surface area contributed by atoms with Crippen molar-refractivity contribution >= 4 is 6.08 Å². The summed E-state index contributed by atoms with van der Waals surface area (Å²) in [5.41, 5.74) is 2.23. The predicted octanol–water partition coefficient (Wildman–Crippen LogP) is 1.76. The summed E-state index contributed by atoms with van der Waals surface area (Å²) in [4.78, 5) is 4.34. The molecule has 1 aliphatic heterocycles. The van der Waals surface area contributed by atoms with E-state index in [1.165, 1.54) is 6.42 Å². The molecular weight excluding hydrogens is 148 g/mol. The lowest BCUT2D eigenvalue weighted by atomic mass is 10.0. The van der Waals surface area contributed by atoms with Crippen molar-refractivity contribution in [3.8, 4) is 0 Å². The summed E-state index contributed by atoms with van der Waals surface area (Å²) in [5.74, 6) is 0. The lowest BCUT2D eigenvalue weighted by Gasteiger charge is -2.26. The number of rotatable bonds is 2. The average molecular weight is 160 g/mol. The molecule has 2 heteroatoms. The zero-order chi connectivity index (χ0) is 8.39. The van der Waals surface area contributed by atoms with E-state index in [0.29, 0.717) is 6.04 Å². The topological polar surface area (TPSA) is 24.9 Å². The largest absolute Gasteiger partial charge is 0.309 e. The molecule has 0 aromatic carbocycles. The summed E-state index contributed by atoms with van der Waals surface area (Å²) in [6.45, 7) is 4.80. The van der Waals surface area contributed by atoms with Crippen LogP contribution < -0.4 is 5.32 Å². The van der Waals surface area contributed by atoms with Crippen molar-refractivity contribution in [2.75, 3.05) is 6.54 Å². The summed E-state index contributed by atoms with van der Waals surface area (Å²) in [6.07, 6.45) is 4.88. The molecule has 0 aliphatic carbocycles. The third-order valence-electron chi connectivity index (χ3n) is 2.23. The molecule has 0 radical (unpaired) electrons. The van der Waals surface area contributed by atoms with E-state index in [-0.39, 0.29) is 0 Å². The highest BCUT2D eigenvalue weighted by Crippen LogP contribution is 2.20. The third kappa shape index (κ3) is 1.25. The summed E-state index contributed by atoms with van der Waals surface area (Å²) < 4.78 is 0. The van der Waals surface area contributed by atoms with Gasteiger partial charge in [0, 0.05) is 6.20 Å². The van der Waals surface area contributed by atoms with E-state index >= 15 is 0 Å². The van der Waals surface area contributed by atoms with Crippen LogP contribution in [0.25, 0.3) is 6.08 Å². The van der Waals surface area contributed by atoms with Gasteiger partial charge in [0.25, 0.3) is 0 Å². The van der Waals surface area contributed by atoms with Crippen molar-refractivity contribution in [1.29, 1.82) is 0 Å². The molecule has 62 valence electrons. The van der Waals surface area contributed by atoms with E-state index in [1.54, 1.807) is 0 Å². The maximum atomic E-state index is 4.34. The lowest BCUT2D eigenvalue weighted by molar-refractivity contribution is 0.375. The van der Waals surface area contributed by atoms with Crippen molar-refractivity contribution in [3.05, 3.63) is 36.2 Å². The Bertz CT molecular complexity index is 272. The van der Waals surface area contributed by atoms with Crippen molar-refractivity contribution < 1.29 is 0 Å². The second-order valence-electron chi connectivity index (χ2n) is 3.02. The summed E-state index contributed by atoms with van der Waals surface area (Å²) in [7, 11) is 0. The van der Waals surface area contributed by atoms with Crippen molar-refractivity contribution in [2.24, 2.45) is 0 Å². The van der Waals surface area contributed by atoms with Crippen LogP contribution in [0.1, 0.15) is 23.7 Å². The molecule has 0 spiro atoms. The van der Waals surface area contributed by atoms with Crippen molar-refractivity contribution in [1.82, 2.24) is 10.3 Å². The lowest BCUT2D eigenvalue weighted by Crippen LogP contribution is -2.35. The minimum Gasteiger partial charge on any atom is -0.309 e. The number of pyridine rings is 1. The Morgan fingerprint density at radius 2 is 2.42 bits per heavy atom. The number of nitrogens with zero attached hydrogens (tertiary/aromatic N) is 1. The van der Waals surface area contributed by atoms with Gasteiger partial charge in [-0.15, -0.1) is 0 Å². The standard InChI is InChI=1S/C10H12N2/c1-2-8-3-4-9(12-7-8)10-5-6-11-10/h2-4,7,10-11H,1,5-6H2. The van der Waals surface area contributed by atoms with Gasteiger partial charge in [-0.05, 0) is 24.6 Å². The first kappa shape index (κ1) is 7.50. The minimum absolute atomic E-state index is 0.490. The van der Waals surface area contributed by atoms with Crippen LogP contribution in [0.4, 0.5) is 0 Å². The molecule has 0 saturated carbocycles. The molecule has 1 fully saturated rings. The molecule has 0 bridgehead atoms. The Balaban J connectivity index is 2.18. The monoisotopic (exact) mass is 160 g/mol. The van der Waals surface area contributed by atoms with E-state index in [9.17, 15) is 0 Å². The Hall–Kier alpha value is -1.15. The molecule has 1 N–H and O–H groups in total. The average Bonchev–Trinajstić information content (AvgIpc) is 2.03. The van der Waals surface area contributed by atoms with Gasteiger partial charge in [-0.1, -0.05) is 18.7 Å². The van der Waals surface area contributed by atoms with Crippen molar-refractivity contribution in [3.63, 3.8) is 0 Å². The van der Waals surface area contributed by atoms with Gasteiger partial charge in [-0.3, -0.25) is 4.98 Å². The number of nitrogens with one attached hydrogen (secondary N) is 1. The second kappa shape index (κ2) is 3.07. The summed E-state index contributed by atoms with van der Waals surface area (Å²) in [5, 5.41) is 3.31. The van der Waals surface area contributed by atoms with Gasteiger partial charge in [0.2, 0.25) is 0 Å². The maximum absolute atomic E-state index is 4.34. The molecule has 1 unspecified atom stereocenters. The molecule has 0 amide bonds. The Morgan fingerprint density at radius 3 is 2.83 bits per heavy atom. The minimum atomic E-state index is 0.490. The van der Waals surface area contributed by atoms with E-state index in [2.05, 4.69) is 29.0 Å². The first-order chi connectivity index (χ1) is 5.90. The van der Waals surface area contributed by atoms with E-state index in [4.69, 9.17) is 0 Å². The number of hydrogen-bond acceptors (Lipinski definition) is 2. The molecule has 1 aromatic rings. The van der Waals surface area contributed by atoms with Crippen LogP contribution in [-0.4, -0.2) is 11.5 Å². The van der Waals surface area contributed by atoms with Crippen LogP contribution in [-0.2, 0) is 0 Å².